The average Bonchev–Trinajstić information content (AvgIpc) is 2.31. The summed E-state index contributed by atoms with van der Waals surface area (Å²) in [6.45, 7) is 8.04. The standard InChI is InChI=1S/C14H21ClN2O2/c1-10(2)9-19-6-4-5-16-14(18)12-7-11(3)17-13(15)8-12/h7-8,10H,4-6,9H2,1-3H3,(H,16,18). The van der Waals surface area contributed by atoms with E-state index < -0.39 is 0 Å². The van der Waals surface area contributed by atoms with Crippen molar-refractivity contribution in [3.8, 4) is 0 Å². The lowest BCUT2D eigenvalue weighted by atomic mass is 10.2. The molecule has 0 radical (unpaired) electrons. The molecule has 0 aliphatic carbocycles. The van der Waals surface area contributed by atoms with Gasteiger partial charge in [0, 0.05) is 31.0 Å². The number of hydrogen-bond donors (Lipinski definition) is 1. The van der Waals surface area contributed by atoms with Crippen molar-refractivity contribution in [2.24, 2.45) is 5.92 Å². The van der Waals surface area contributed by atoms with E-state index in [1.54, 1.807) is 12.1 Å². The molecular weight excluding hydrogens is 264 g/mol. The maximum absolute atomic E-state index is 11.9. The van der Waals surface area contributed by atoms with Crippen LogP contribution in [0.5, 0.6) is 0 Å². The summed E-state index contributed by atoms with van der Waals surface area (Å²) in [7, 11) is 0. The van der Waals surface area contributed by atoms with E-state index in [9.17, 15) is 4.79 Å². The van der Waals surface area contributed by atoms with E-state index in [1.807, 2.05) is 6.92 Å². The molecule has 0 aromatic carbocycles. The first-order valence-corrected chi connectivity index (χ1v) is 6.87. The predicted molar refractivity (Wildman–Crippen MR) is 76.6 cm³/mol. The minimum atomic E-state index is -0.128. The number of rotatable bonds is 7. The van der Waals surface area contributed by atoms with Crippen LogP contribution in [0.2, 0.25) is 5.15 Å². The number of aromatic nitrogens is 1. The molecule has 1 heterocycles. The number of hydrogen-bond acceptors (Lipinski definition) is 3. The lowest BCUT2D eigenvalue weighted by Gasteiger charge is -2.08. The summed E-state index contributed by atoms with van der Waals surface area (Å²) in [5, 5.41) is 3.17. The first-order chi connectivity index (χ1) is 8.99. The number of nitrogens with zero attached hydrogens (tertiary/aromatic N) is 1. The van der Waals surface area contributed by atoms with Crippen LogP contribution in [0.1, 0.15) is 36.3 Å². The highest BCUT2D eigenvalue weighted by atomic mass is 35.5. The van der Waals surface area contributed by atoms with E-state index in [0.717, 1.165) is 18.7 Å². The van der Waals surface area contributed by atoms with Crippen molar-refractivity contribution in [1.29, 1.82) is 0 Å². The van der Waals surface area contributed by atoms with Gasteiger partial charge in [-0.3, -0.25) is 4.79 Å². The molecule has 1 N–H and O–H groups in total. The highest BCUT2D eigenvalue weighted by Gasteiger charge is 2.07. The number of amides is 1. The van der Waals surface area contributed by atoms with Crippen LogP contribution in [0.25, 0.3) is 0 Å². The topological polar surface area (TPSA) is 51.2 Å². The van der Waals surface area contributed by atoms with Gasteiger partial charge < -0.3 is 10.1 Å². The van der Waals surface area contributed by atoms with Gasteiger partial charge in [0.25, 0.3) is 5.91 Å². The summed E-state index contributed by atoms with van der Waals surface area (Å²) >= 11 is 5.82. The zero-order chi connectivity index (χ0) is 14.3. The van der Waals surface area contributed by atoms with Crippen LogP contribution in [-0.2, 0) is 4.74 Å². The molecule has 5 heteroatoms. The summed E-state index contributed by atoms with van der Waals surface area (Å²) in [6.07, 6.45) is 0.802. The van der Waals surface area contributed by atoms with Crippen molar-refractivity contribution in [1.82, 2.24) is 10.3 Å². The second kappa shape index (κ2) is 8.12. The normalized spacial score (nSPS) is 10.8. The third-order valence-electron chi connectivity index (χ3n) is 2.39. The molecule has 0 aliphatic rings. The van der Waals surface area contributed by atoms with Gasteiger partial charge in [0.15, 0.2) is 0 Å². The van der Waals surface area contributed by atoms with E-state index in [0.29, 0.717) is 29.8 Å². The second-order valence-corrected chi connectivity index (χ2v) is 5.29. The Balaban J connectivity index is 2.27. The third-order valence-corrected chi connectivity index (χ3v) is 2.58. The van der Waals surface area contributed by atoms with Gasteiger partial charge in [-0.25, -0.2) is 4.98 Å². The lowest BCUT2D eigenvalue weighted by molar-refractivity contribution is 0.0925. The monoisotopic (exact) mass is 284 g/mol. The van der Waals surface area contributed by atoms with Crippen LogP contribution in [0.15, 0.2) is 12.1 Å². The Morgan fingerprint density at radius 3 is 2.84 bits per heavy atom. The Morgan fingerprint density at radius 1 is 1.47 bits per heavy atom. The quantitative estimate of drug-likeness (QED) is 0.619. The fourth-order valence-electron chi connectivity index (χ4n) is 1.56. The zero-order valence-corrected chi connectivity index (χ0v) is 12.5. The molecule has 0 atom stereocenters. The maximum atomic E-state index is 11.9. The minimum Gasteiger partial charge on any atom is -0.381 e. The lowest BCUT2D eigenvalue weighted by Crippen LogP contribution is -2.25. The maximum Gasteiger partial charge on any atom is 0.251 e. The van der Waals surface area contributed by atoms with E-state index in [2.05, 4.69) is 24.1 Å². The molecule has 19 heavy (non-hydrogen) atoms. The van der Waals surface area contributed by atoms with Crippen molar-refractivity contribution in [3.63, 3.8) is 0 Å². The number of nitrogens with one attached hydrogen (secondary N) is 1. The van der Waals surface area contributed by atoms with Crippen LogP contribution in [-0.4, -0.2) is 30.6 Å². The minimum absolute atomic E-state index is 0.128. The largest absolute Gasteiger partial charge is 0.381 e. The van der Waals surface area contributed by atoms with Crippen molar-refractivity contribution in [3.05, 3.63) is 28.5 Å². The van der Waals surface area contributed by atoms with E-state index in [1.165, 1.54) is 0 Å². The predicted octanol–water partition coefficient (Wildman–Crippen LogP) is 2.84. The van der Waals surface area contributed by atoms with Gasteiger partial charge >= 0.3 is 0 Å². The smallest absolute Gasteiger partial charge is 0.251 e. The SMILES string of the molecule is Cc1cc(C(=O)NCCCOCC(C)C)cc(Cl)n1. The number of carbonyl (C=O) groups excluding carboxylic acids is 1. The molecular formula is C14H21ClN2O2. The van der Waals surface area contributed by atoms with Crippen molar-refractivity contribution in [2.75, 3.05) is 19.8 Å². The summed E-state index contributed by atoms with van der Waals surface area (Å²) in [6, 6.07) is 3.29. The van der Waals surface area contributed by atoms with Gasteiger partial charge in [-0.15, -0.1) is 0 Å². The Hall–Kier alpha value is -1.13. The first kappa shape index (κ1) is 15.9. The molecule has 0 fully saturated rings. The van der Waals surface area contributed by atoms with Gasteiger partial charge in [-0.2, -0.15) is 0 Å². The molecule has 0 bridgehead atoms. The number of halogens is 1. The van der Waals surface area contributed by atoms with Crippen LogP contribution < -0.4 is 5.32 Å². The number of ether oxygens (including phenoxy) is 1. The molecule has 1 rings (SSSR count). The van der Waals surface area contributed by atoms with Gasteiger partial charge in [0.1, 0.15) is 5.15 Å². The van der Waals surface area contributed by atoms with Crippen molar-refractivity contribution in [2.45, 2.75) is 27.2 Å². The van der Waals surface area contributed by atoms with Crippen LogP contribution in [0, 0.1) is 12.8 Å². The van der Waals surface area contributed by atoms with E-state index >= 15 is 0 Å². The molecule has 106 valence electrons. The number of aryl methyl sites for hydroxylation is 1. The van der Waals surface area contributed by atoms with Gasteiger partial charge in [-0.05, 0) is 31.4 Å². The summed E-state index contributed by atoms with van der Waals surface area (Å²) in [5.41, 5.74) is 1.28. The summed E-state index contributed by atoms with van der Waals surface area (Å²) < 4.78 is 5.44. The van der Waals surface area contributed by atoms with E-state index in [4.69, 9.17) is 16.3 Å². The van der Waals surface area contributed by atoms with Crippen molar-refractivity contribution >= 4 is 17.5 Å². The Kier molecular flexibility index (Phi) is 6.81. The zero-order valence-electron chi connectivity index (χ0n) is 11.7. The Morgan fingerprint density at radius 2 is 2.21 bits per heavy atom. The molecule has 0 spiro atoms. The highest BCUT2D eigenvalue weighted by Crippen LogP contribution is 2.10. The number of pyridine rings is 1. The Labute approximate surface area is 119 Å². The highest BCUT2D eigenvalue weighted by molar-refractivity contribution is 6.29. The molecule has 0 saturated heterocycles. The van der Waals surface area contributed by atoms with Crippen molar-refractivity contribution < 1.29 is 9.53 Å². The molecule has 0 aliphatic heterocycles. The molecule has 0 unspecified atom stereocenters. The van der Waals surface area contributed by atoms with Crippen LogP contribution in [0.3, 0.4) is 0 Å². The second-order valence-electron chi connectivity index (χ2n) is 4.90. The summed E-state index contributed by atoms with van der Waals surface area (Å²) in [4.78, 5) is 15.9. The van der Waals surface area contributed by atoms with Gasteiger partial charge in [-0.1, -0.05) is 25.4 Å². The molecule has 4 nitrogen and oxygen atoms in total. The molecule has 1 aromatic heterocycles. The third kappa shape index (κ3) is 6.55. The van der Waals surface area contributed by atoms with Gasteiger partial charge in [0.2, 0.25) is 0 Å². The molecule has 1 amide bonds. The Bertz CT molecular complexity index is 402. The summed E-state index contributed by atoms with van der Waals surface area (Å²) in [5.74, 6) is 0.410. The van der Waals surface area contributed by atoms with E-state index in [-0.39, 0.29) is 5.91 Å². The average molecular weight is 285 g/mol. The number of carbonyl (C=O) groups is 1. The molecule has 1 aromatic rings. The fourth-order valence-corrected chi connectivity index (χ4v) is 1.81. The van der Waals surface area contributed by atoms with Crippen LogP contribution in [0.4, 0.5) is 0 Å². The fraction of sp³-hybridized carbons (Fsp3) is 0.571. The first-order valence-electron chi connectivity index (χ1n) is 6.49. The van der Waals surface area contributed by atoms with Crippen LogP contribution >= 0.6 is 11.6 Å². The molecule has 0 saturated carbocycles. The van der Waals surface area contributed by atoms with Gasteiger partial charge in [0.05, 0.1) is 0 Å².